The number of hydrogen-bond acceptors (Lipinski definition) is 2. The van der Waals surface area contributed by atoms with Crippen molar-refractivity contribution in [2.75, 3.05) is 0 Å². The van der Waals surface area contributed by atoms with Gasteiger partial charge in [-0.15, -0.1) is 0 Å². The van der Waals surface area contributed by atoms with Crippen molar-refractivity contribution in [2.24, 2.45) is 0 Å². The summed E-state index contributed by atoms with van der Waals surface area (Å²) in [5.74, 6) is 0.112. The van der Waals surface area contributed by atoms with Gasteiger partial charge in [0.25, 0.3) is 0 Å². The number of benzene rings is 2. The lowest BCUT2D eigenvalue weighted by atomic mass is 10.1. The predicted molar refractivity (Wildman–Crippen MR) is 82.3 cm³/mol. The Bertz CT molecular complexity index is 762. The van der Waals surface area contributed by atoms with Gasteiger partial charge in [0, 0.05) is 18.0 Å². The van der Waals surface area contributed by atoms with Gasteiger partial charge in [-0.3, -0.25) is 0 Å². The van der Waals surface area contributed by atoms with Crippen LogP contribution < -0.4 is 0 Å². The second kappa shape index (κ2) is 5.44. The molecule has 3 heteroatoms. The van der Waals surface area contributed by atoms with Crippen LogP contribution in [0.5, 0.6) is 0 Å². The van der Waals surface area contributed by atoms with Gasteiger partial charge in [-0.2, -0.15) is 0 Å². The molecular weight excluding hydrogens is 263 g/mol. The fraction of sp³-hybridized carbons (Fsp3) is 0.111. The van der Waals surface area contributed by atoms with Gasteiger partial charge in [0.1, 0.15) is 5.82 Å². The van der Waals surface area contributed by atoms with Crippen molar-refractivity contribution < 1.29 is 4.39 Å². The van der Waals surface area contributed by atoms with Crippen molar-refractivity contribution in [1.82, 2.24) is 9.97 Å². The third-order valence-electron chi connectivity index (χ3n) is 3.40. The van der Waals surface area contributed by atoms with Gasteiger partial charge in [-0.1, -0.05) is 35.9 Å². The minimum Gasteiger partial charge on any atom is -0.236 e. The topological polar surface area (TPSA) is 25.8 Å². The van der Waals surface area contributed by atoms with Crippen molar-refractivity contribution in [1.29, 1.82) is 0 Å². The van der Waals surface area contributed by atoms with Crippen molar-refractivity contribution in [3.05, 3.63) is 71.8 Å². The molecule has 0 aliphatic rings. The van der Waals surface area contributed by atoms with Crippen LogP contribution in [-0.4, -0.2) is 9.97 Å². The molecular formula is C18H15FN2. The largest absolute Gasteiger partial charge is 0.236 e. The number of rotatable bonds is 2. The van der Waals surface area contributed by atoms with Gasteiger partial charge in [-0.05, 0) is 37.1 Å². The average molecular weight is 278 g/mol. The second-order valence-electron chi connectivity index (χ2n) is 5.14. The van der Waals surface area contributed by atoms with Crippen molar-refractivity contribution in [3.63, 3.8) is 0 Å². The van der Waals surface area contributed by atoms with E-state index in [4.69, 9.17) is 0 Å². The van der Waals surface area contributed by atoms with Crippen LogP contribution in [0.4, 0.5) is 4.39 Å². The average Bonchev–Trinajstić information content (AvgIpc) is 2.48. The molecule has 1 heterocycles. The van der Waals surface area contributed by atoms with Crippen LogP contribution >= 0.6 is 0 Å². The normalized spacial score (nSPS) is 10.6. The maximum Gasteiger partial charge on any atom is 0.162 e. The lowest BCUT2D eigenvalue weighted by molar-refractivity contribution is 0.629. The smallest absolute Gasteiger partial charge is 0.162 e. The molecule has 0 aliphatic carbocycles. The van der Waals surface area contributed by atoms with E-state index in [1.807, 2.05) is 44.2 Å². The molecule has 1 aromatic heterocycles. The van der Waals surface area contributed by atoms with Crippen molar-refractivity contribution >= 4 is 0 Å². The Morgan fingerprint density at radius 1 is 0.762 bits per heavy atom. The third kappa shape index (κ3) is 2.82. The SMILES string of the molecule is Cc1ccc(-c2cnc(-c3ccc(C)cc3F)nc2)cc1. The molecule has 3 rings (SSSR count). The summed E-state index contributed by atoms with van der Waals surface area (Å²) < 4.78 is 13.9. The van der Waals surface area contributed by atoms with Gasteiger partial charge in [0.05, 0.1) is 5.56 Å². The predicted octanol–water partition coefficient (Wildman–Crippen LogP) is 4.57. The Morgan fingerprint density at radius 3 is 2.00 bits per heavy atom. The molecule has 0 N–H and O–H groups in total. The maximum absolute atomic E-state index is 13.9. The molecule has 0 aliphatic heterocycles. The summed E-state index contributed by atoms with van der Waals surface area (Å²) in [6.07, 6.45) is 3.46. The minimum absolute atomic E-state index is 0.293. The van der Waals surface area contributed by atoms with Crippen LogP contribution in [0.1, 0.15) is 11.1 Å². The summed E-state index contributed by atoms with van der Waals surface area (Å²) in [6, 6.07) is 13.2. The first-order valence-corrected chi connectivity index (χ1v) is 6.79. The monoisotopic (exact) mass is 278 g/mol. The molecule has 0 amide bonds. The van der Waals surface area contributed by atoms with E-state index in [0.29, 0.717) is 11.4 Å². The lowest BCUT2D eigenvalue weighted by Gasteiger charge is -2.05. The molecule has 21 heavy (non-hydrogen) atoms. The van der Waals surface area contributed by atoms with Gasteiger partial charge in [0.2, 0.25) is 0 Å². The summed E-state index contributed by atoms with van der Waals surface area (Å²) in [4.78, 5) is 8.57. The molecule has 2 nitrogen and oxygen atoms in total. The first kappa shape index (κ1) is 13.4. The van der Waals surface area contributed by atoms with Crippen LogP contribution in [0.15, 0.2) is 54.9 Å². The lowest BCUT2D eigenvalue weighted by Crippen LogP contribution is -1.93. The molecule has 0 saturated carbocycles. The number of aromatic nitrogens is 2. The van der Waals surface area contributed by atoms with E-state index in [9.17, 15) is 4.39 Å². The van der Waals surface area contributed by atoms with Crippen LogP contribution in [0.2, 0.25) is 0 Å². The van der Waals surface area contributed by atoms with E-state index in [2.05, 4.69) is 9.97 Å². The Morgan fingerprint density at radius 2 is 1.38 bits per heavy atom. The minimum atomic E-state index is -0.293. The highest BCUT2D eigenvalue weighted by Gasteiger charge is 2.08. The van der Waals surface area contributed by atoms with E-state index >= 15 is 0 Å². The Balaban J connectivity index is 1.95. The molecule has 0 bridgehead atoms. The van der Waals surface area contributed by atoms with Gasteiger partial charge in [0.15, 0.2) is 5.82 Å². The first-order chi connectivity index (χ1) is 10.1. The van der Waals surface area contributed by atoms with Gasteiger partial charge in [-0.25, -0.2) is 14.4 Å². The highest BCUT2D eigenvalue weighted by molar-refractivity contribution is 5.64. The fourth-order valence-electron chi connectivity index (χ4n) is 2.16. The molecule has 104 valence electrons. The van der Waals surface area contributed by atoms with E-state index < -0.39 is 0 Å². The first-order valence-electron chi connectivity index (χ1n) is 6.79. The third-order valence-corrected chi connectivity index (χ3v) is 3.40. The molecule has 2 aromatic carbocycles. The quantitative estimate of drug-likeness (QED) is 0.686. The van der Waals surface area contributed by atoms with Crippen LogP contribution in [0, 0.1) is 19.7 Å². The molecule has 0 saturated heterocycles. The van der Waals surface area contributed by atoms with Crippen molar-refractivity contribution in [3.8, 4) is 22.5 Å². The van der Waals surface area contributed by atoms with E-state index in [1.54, 1.807) is 18.5 Å². The van der Waals surface area contributed by atoms with Gasteiger partial charge >= 0.3 is 0 Å². The molecule has 0 atom stereocenters. The standard InChI is InChI=1S/C18H15FN2/c1-12-3-6-14(7-4-12)15-10-20-18(21-11-15)16-8-5-13(2)9-17(16)19/h3-11H,1-2H3. The number of hydrogen-bond donors (Lipinski definition) is 0. The van der Waals surface area contributed by atoms with E-state index in [0.717, 1.165) is 16.7 Å². The number of nitrogens with zero attached hydrogens (tertiary/aromatic N) is 2. The summed E-state index contributed by atoms with van der Waals surface area (Å²) in [6.45, 7) is 3.90. The van der Waals surface area contributed by atoms with Crippen LogP contribution in [0.3, 0.4) is 0 Å². The van der Waals surface area contributed by atoms with Gasteiger partial charge < -0.3 is 0 Å². The van der Waals surface area contributed by atoms with Crippen LogP contribution in [-0.2, 0) is 0 Å². The summed E-state index contributed by atoms with van der Waals surface area (Å²) in [5.41, 5.74) is 4.49. The fourth-order valence-corrected chi connectivity index (χ4v) is 2.16. The molecule has 0 unspecified atom stereocenters. The zero-order chi connectivity index (χ0) is 14.8. The highest BCUT2D eigenvalue weighted by atomic mass is 19.1. The van der Waals surface area contributed by atoms with Crippen molar-refractivity contribution in [2.45, 2.75) is 13.8 Å². The molecule has 0 spiro atoms. The molecule has 3 aromatic rings. The van der Waals surface area contributed by atoms with E-state index in [1.165, 1.54) is 11.6 Å². The number of halogens is 1. The second-order valence-corrected chi connectivity index (χ2v) is 5.14. The maximum atomic E-state index is 13.9. The Kier molecular flexibility index (Phi) is 3.48. The Hall–Kier alpha value is -2.55. The van der Waals surface area contributed by atoms with Crippen LogP contribution in [0.25, 0.3) is 22.5 Å². The number of aryl methyl sites for hydroxylation is 2. The molecule has 0 radical (unpaired) electrons. The van der Waals surface area contributed by atoms with E-state index in [-0.39, 0.29) is 5.82 Å². The summed E-state index contributed by atoms with van der Waals surface area (Å²) in [7, 11) is 0. The Labute approximate surface area is 123 Å². The summed E-state index contributed by atoms with van der Waals surface area (Å²) >= 11 is 0. The zero-order valence-corrected chi connectivity index (χ0v) is 12.0. The highest BCUT2D eigenvalue weighted by Crippen LogP contribution is 2.23. The summed E-state index contributed by atoms with van der Waals surface area (Å²) in [5, 5.41) is 0. The molecule has 0 fully saturated rings. The zero-order valence-electron chi connectivity index (χ0n) is 12.0.